The van der Waals surface area contributed by atoms with Crippen LogP contribution in [0.1, 0.15) is 42.5 Å². The summed E-state index contributed by atoms with van der Waals surface area (Å²) in [4.78, 5) is 46.8. The van der Waals surface area contributed by atoms with Crippen molar-refractivity contribution in [2.45, 2.75) is 37.0 Å². The number of hydrogen-bond acceptors (Lipinski definition) is 6. The van der Waals surface area contributed by atoms with Gasteiger partial charge in [-0.15, -0.1) is 0 Å². The lowest BCUT2D eigenvalue weighted by atomic mass is 9.62. The summed E-state index contributed by atoms with van der Waals surface area (Å²) in [5, 5.41) is 33.9. The minimum Gasteiger partial charge on any atom is -0.331 e. The van der Waals surface area contributed by atoms with E-state index in [-0.39, 0.29) is 23.2 Å². The number of hydrogen-bond donors (Lipinski definition) is 4. The maximum Gasteiger partial charge on any atom is 0.317 e. The number of nitrogens with zero attached hydrogens (tertiary/aromatic N) is 2. The Hall–Kier alpha value is -4.22. The molecule has 12 heteroatoms. The molecule has 4 amide bonds. The number of rotatable bonds is 4. The van der Waals surface area contributed by atoms with Crippen LogP contribution in [0.15, 0.2) is 48.5 Å². The predicted octanol–water partition coefficient (Wildman–Crippen LogP) is 3.02. The van der Waals surface area contributed by atoms with E-state index in [0.29, 0.717) is 24.0 Å². The smallest absolute Gasteiger partial charge is 0.317 e. The fourth-order valence-corrected chi connectivity index (χ4v) is 5.72. The summed E-state index contributed by atoms with van der Waals surface area (Å²) in [5.41, 5.74) is 0.277. The SMILES string of the molecule is O=C1NC(c2ccc([N+](=O)[O-])cc2)C2CCCC3C(c4ccc([N+](=O)[O-])cc4)NC(=O)NC23N1. The number of nitro groups is 2. The number of non-ortho nitro benzene ring substituents is 2. The van der Waals surface area contributed by atoms with Gasteiger partial charge in [0, 0.05) is 36.1 Å². The topological polar surface area (TPSA) is 169 Å². The van der Waals surface area contributed by atoms with E-state index in [1.807, 2.05) is 0 Å². The van der Waals surface area contributed by atoms with Crippen LogP contribution >= 0.6 is 0 Å². The van der Waals surface area contributed by atoms with Crippen LogP contribution in [-0.2, 0) is 0 Å². The van der Waals surface area contributed by atoms with E-state index in [9.17, 15) is 29.8 Å². The molecule has 0 radical (unpaired) electrons. The summed E-state index contributed by atoms with van der Waals surface area (Å²) >= 11 is 0. The molecule has 2 heterocycles. The van der Waals surface area contributed by atoms with E-state index in [1.165, 1.54) is 24.3 Å². The second-order valence-corrected chi connectivity index (χ2v) is 8.86. The Morgan fingerprint density at radius 3 is 1.44 bits per heavy atom. The van der Waals surface area contributed by atoms with Crippen LogP contribution in [0.3, 0.4) is 0 Å². The lowest BCUT2D eigenvalue weighted by molar-refractivity contribution is -0.385. The molecule has 1 spiro atoms. The van der Waals surface area contributed by atoms with Crippen molar-refractivity contribution < 1.29 is 19.4 Å². The predicted molar refractivity (Wildman–Crippen MR) is 119 cm³/mol. The number of carbonyl (C=O) groups excluding carboxylic acids is 2. The van der Waals surface area contributed by atoms with Crippen LogP contribution in [0.25, 0.3) is 0 Å². The van der Waals surface area contributed by atoms with Gasteiger partial charge in [-0.05, 0) is 24.0 Å². The van der Waals surface area contributed by atoms with Crippen LogP contribution in [0.4, 0.5) is 21.0 Å². The van der Waals surface area contributed by atoms with Crippen molar-refractivity contribution in [2.24, 2.45) is 11.8 Å². The zero-order valence-electron chi connectivity index (χ0n) is 17.9. The number of nitro benzene ring substituents is 2. The summed E-state index contributed by atoms with van der Waals surface area (Å²) in [5.74, 6) is -0.450. The van der Waals surface area contributed by atoms with Crippen molar-refractivity contribution >= 4 is 23.4 Å². The Morgan fingerprint density at radius 2 is 1.09 bits per heavy atom. The number of urea groups is 2. The van der Waals surface area contributed by atoms with Gasteiger partial charge in [-0.2, -0.15) is 0 Å². The van der Waals surface area contributed by atoms with Gasteiger partial charge in [-0.25, -0.2) is 9.59 Å². The lowest BCUT2D eigenvalue weighted by Crippen LogP contribution is -2.80. The average Bonchev–Trinajstić information content (AvgIpc) is 2.81. The molecule has 4 atom stereocenters. The van der Waals surface area contributed by atoms with Crippen molar-refractivity contribution in [3.05, 3.63) is 79.9 Å². The Kier molecular flexibility index (Phi) is 5.07. The molecule has 0 aromatic heterocycles. The molecule has 2 saturated heterocycles. The molecule has 176 valence electrons. The van der Waals surface area contributed by atoms with Crippen molar-refractivity contribution in [2.75, 3.05) is 0 Å². The Labute approximate surface area is 193 Å². The first-order chi connectivity index (χ1) is 16.3. The third-order valence-electron chi connectivity index (χ3n) is 7.14. The second kappa shape index (κ2) is 7.97. The van der Waals surface area contributed by atoms with Crippen LogP contribution in [0.5, 0.6) is 0 Å². The first-order valence-corrected chi connectivity index (χ1v) is 10.9. The molecule has 4 N–H and O–H groups in total. The highest BCUT2D eigenvalue weighted by molar-refractivity contribution is 5.81. The summed E-state index contributed by atoms with van der Waals surface area (Å²) in [6, 6.07) is 10.3. The van der Waals surface area contributed by atoms with Gasteiger partial charge in [-0.3, -0.25) is 20.2 Å². The minimum absolute atomic E-state index is 0.0475. The Bertz CT molecular complexity index is 1080. The molecular weight excluding hydrogens is 444 g/mol. The van der Waals surface area contributed by atoms with E-state index in [2.05, 4.69) is 21.3 Å². The normalized spacial score (nSPS) is 29.9. The zero-order valence-corrected chi connectivity index (χ0v) is 17.9. The van der Waals surface area contributed by atoms with E-state index in [1.54, 1.807) is 24.3 Å². The number of amides is 4. The molecule has 3 aliphatic rings. The molecule has 5 rings (SSSR count). The van der Waals surface area contributed by atoms with Gasteiger partial charge >= 0.3 is 12.1 Å². The van der Waals surface area contributed by atoms with Gasteiger partial charge in [0.2, 0.25) is 0 Å². The molecule has 4 unspecified atom stereocenters. The van der Waals surface area contributed by atoms with Crippen LogP contribution < -0.4 is 21.3 Å². The first-order valence-electron chi connectivity index (χ1n) is 10.9. The Balaban J connectivity index is 1.53. The van der Waals surface area contributed by atoms with E-state index in [0.717, 1.165) is 6.42 Å². The van der Waals surface area contributed by atoms with E-state index < -0.39 is 39.7 Å². The third-order valence-corrected chi connectivity index (χ3v) is 7.14. The number of carbonyl (C=O) groups is 2. The lowest BCUT2D eigenvalue weighted by Gasteiger charge is -2.59. The largest absolute Gasteiger partial charge is 0.331 e. The molecule has 2 aromatic rings. The standard InChI is InChI=1S/C22H22N6O6/c29-20-23-18(12-4-8-14(9-5-12)27(31)32)16-2-1-3-17-19(24-21(30)26-22(16,17)25-20)13-6-10-15(11-7-13)28(33)34/h4-11,16-19H,1-3H2,(H2,23,25,29)(H2,24,26,30). The maximum atomic E-state index is 12.8. The molecule has 12 nitrogen and oxygen atoms in total. The first kappa shape index (κ1) is 21.6. The van der Waals surface area contributed by atoms with E-state index in [4.69, 9.17) is 0 Å². The van der Waals surface area contributed by atoms with Crippen LogP contribution in [-0.4, -0.2) is 27.6 Å². The van der Waals surface area contributed by atoms with Gasteiger partial charge in [0.1, 0.15) is 5.66 Å². The van der Waals surface area contributed by atoms with Gasteiger partial charge in [0.05, 0.1) is 21.9 Å². The fraction of sp³-hybridized carbons (Fsp3) is 0.364. The summed E-state index contributed by atoms with van der Waals surface area (Å²) in [7, 11) is 0. The highest BCUT2D eigenvalue weighted by Crippen LogP contribution is 2.50. The van der Waals surface area contributed by atoms with Gasteiger partial charge in [-0.1, -0.05) is 30.7 Å². The second-order valence-electron chi connectivity index (χ2n) is 8.86. The fourth-order valence-electron chi connectivity index (χ4n) is 5.72. The summed E-state index contributed by atoms with van der Waals surface area (Å²) < 4.78 is 0. The highest BCUT2D eigenvalue weighted by atomic mass is 16.6. The molecule has 2 aromatic carbocycles. The van der Waals surface area contributed by atoms with Crippen LogP contribution in [0.2, 0.25) is 0 Å². The van der Waals surface area contributed by atoms with Crippen LogP contribution in [0, 0.1) is 32.1 Å². The molecular formula is C22H22N6O6. The van der Waals surface area contributed by atoms with Crippen molar-refractivity contribution in [1.82, 2.24) is 21.3 Å². The van der Waals surface area contributed by atoms with Crippen molar-refractivity contribution in [3.8, 4) is 0 Å². The highest BCUT2D eigenvalue weighted by Gasteiger charge is 2.60. The number of nitrogens with one attached hydrogen (secondary N) is 4. The van der Waals surface area contributed by atoms with E-state index >= 15 is 0 Å². The zero-order chi connectivity index (χ0) is 24.0. The average molecular weight is 466 g/mol. The van der Waals surface area contributed by atoms with Gasteiger partial charge in [0.25, 0.3) is 11.4 Å². The molecule has 2 aliphatic heterocycles. The van der Waals surface area contributed by atoms with Crippen molar-refractivity contribution in [1.29, 1.82) is 0 Å². The van der Waals surface area contributed by atoms with Gasteiger partial charge in [0.15, 0.2) is 0 Å². The quantitative estimate of drug-likeness (QED) is 0.399. The summed E-state index contributed by atoms with van der Waals surface area (Å²) in [6.45, 7) is 0. The Morgan fingerprint density at radius 1 is 0.706 bits per heavy atom. The minimum atomic E-state index is -1.05. The summed E-state index contributed by atoms with van der Waals surface area (Å²) in [6.07, 6.45) is 2.25. The third kappa shape index (κ3) is 3.47. The molecule has 34 heavy (non-hydrogen) atoms. The molecule has 3 fully saturated rings. The molecule has 0 bridgehead atoms. The monoisotopic (exact) mass is 466 g/mol. The van der Waals surface area contributed by atoms with Gasteiger partial charge < -0.3 is 21.3 Å². The number of benzene rings is 2. The van der Waals surface area contributed by atoms with Crippen molar-refractivity contribution in [3.63, 3.8) is 0 Å². The maximum absolute atomic E-state index is 12.8. The molecule has 1 saturated carbocycles. The molecule has 1 aliphatic carbocycles.